The van der Waals surface area contributed by atoms with Crippen molar-refractivity contribution in [3.05, 3.63) is 39.7 Å². The molecule has 2 heterocycles. The number of hydrogen-bond acceptors (Lipinski definition) is 6. The summed E-state index contributed by atoms with van der Waals surface area (Å²) in [6.07, 6.45) is 0.131. The predicted molar refractivity (Wildman–Crippen MR) is 112 cm³/mol. The summed E-state index contributed by atoms with van der Waals surface area (Å²) in [5, 5.41) is 3.23. The van der Waals surface area contributed by atoms with E-state index in [1.807, 2.05) is 0 Å². The molecular formula is C19H23ClN2O5S2. The molecule has 7 nitrogen and oxygen atoms in total. The van der Waals surface area contributed by atoms with Gasteiger partial charge >= 0.3 is 0 Å². The summed E-state index contributed by atoms with van der Waals surface area (Å²) in [6, 6.07) is 6.75. The monoisotopic (exact) mass is 458 g/mol. The van der Waals surface area contributed by atoms with Crippen molar-refractivity contribution in [3.8, 4) is 11.5 Å². The SMILES string of the molecule is CCN(CC)S(=O)(=O)c1ccc(CNC(=O)Cc2cc(Cl)c3c(c2)OCCO3)s1. The molecule has 1 amide bonds. The summed E-state index contributed by atoms with van der Waals surface area (Å²) in [5.74, 6) is 0.845. The molecule has 1 aliphatic heterocycles. The number of hydrogen-bond donors (Lipinski definition) is 1. The molecule has 1 N–H and O–H groups in total. The van der Waals surface area contributed by atoms with Crippen LogP contribution in [0, 0.1) is 0 Å². The zero-order valence-corrected chi connectivity index (χ0v) is 18.6. The van der Waals surface area contributed by atoms with Gasteiger partial charge in [-0.15, -0.1) is 11.3 Å². The lowest BCUT2D eigenvalue weighted by molar-refractivity contribution is -0.120. The topological polar surface area (TPSA) is 84.9 Å². The molecule has 29 heavy (non-hydrogen) atoms. The number of thiophene rings is 1. The predicted octanol–water partition coefficient (Wildman–Crippen LogP) is 3.06. The van der Waals surface area contributed by atoms with E-state index in [0.717, 1.165) is 4.88 Å². The van der Waals surface area contributed by atoms with Crippen molar-refractivity contribution in [2.45, 2.75) is 31.0 Å². The number of carbonyl (C=O) groups is 1. The van der Waals surface area contributed by atoms with Crippen molar-refractivity contribution in [1.29, 1.82) is 0 Å². The van der Waals surface area contributed by atoms with Gasteiger partial charge in [0.15, 0.2) is 11.5 Å². The highest BCUT2D eigenvalue weighted by molar-refractivity contribution is 7.91. The zero-order valence-electron chi connectivity index (χ0n) is 16.2. The molecule has 0 aliphatic carbocycles. The second-order valence-corrected chi connectivity index (χ2v) is 10.1. The molecule has 1 aromatic carbocycles. The number of amides is 1. The van der Waals surface area contributed by atoms with Crippen LogP contribution in [0.25, 0.3) is 0 Å². The standard InChI is InChI=1S/C19H23ClN2O5S2/c1-3-22(4-2)29(24,25)18-6-5-14(28-18)12-21-17(23)11-13-9-15(20)19-16(10-13)26-7-8-27-19/h5-6,9-10H,3-4,7-8,11-12H2,1-2H3,(H,21,23). The average molecular weight is 459 g/mol. The Hall–Kier alpha value is -1.81. The Morgan fingerprint density at radius 3 is 2.66 bits per heavy atom. The number of ether oxygens (including phenoxy) is 2. The van der Waals surface area contributed by atoms with Crippen molar-refractivity contribution in [3.63, 3.8) is 0 Å². The molecule has 2 aromatic rings. The van der Waals surface area contributed by atoms with Crippen LogP contribution in [0.3, 0.4) is 0 Å². The number of sulfonamides is 1. The lowest BCUT2D eigenvalue weighted by atomic mass is 10.1. The van der Waals surface area contributed by atoms with Crippen LogP contribution in [0.5, 0.6) is 11.5 Å². The number of carbonyl (C=O) groups excluding carboxylic acids is 1. The highest BCUT2D eigenvalue weighted by atomic mass is 35.5. The molecule has 158 valence electrons. The molecule has 0 saturated carbocycles. The first kappa shape index (κ1) is 21.9. The van der Waals surface area contributed by atoms with Crippen molar-refractivity contribution < 1.29 is 22.7 Å². The second-order valence-electron chi connectivity index (χ2n) is 6.37. The normalized spacial score (nSPS) is 13.5. The molecule has 1 aliphatic rings. The Bertz CT molecular complexity index is 986. The van der Waals surface area contributed by atoms with Crippen molar-refractivity contribution >= 4 is 38.9 Å². The van der Waals surface area contributed by atoms with Gasteiger partial charge in [0.25, 0.3) is 10.0 Å². The number of benzene rings is 1. The molecule has 1 aromatic heterocycles. The lowest BCUT2D eigenvalue weighted by Gasteiger charge is -2.20. The van der Waals surface area contributed by atoms with E-state index in [2.05, 4.69) is 5.32 Å². The van der Waals surface area contributed by atoms with E-state index in [1.165, 1.54) is 15.6 Å². The first-order valence-corrected chi connectivity index (χ1v) is 11.9. The van der Waals surface area contributed by atoms with Gasteiger partial charge in [-0.3, -0.25) is 4.79 Å². The van der Waals surface area contributed by atoms with Crippen LogP contribution in [-0.4, -0.2) is 44.9 Å². The summed E-state index contributed by atoms with van der Waals surface area (Å²) in [7, 11) is -3.48. The maximum atomic E-state index is 12.6. The van der Waals surface area contributed by atoms with Gasteiger partial charge < -0.3 is 14.8 Å². The molecule has 0 bridgehead atoms. The van der Waals surface area contributed by atoms with Gasteiger partial charge in [0, 0.05) is 18.0 Å². The van der Waals surface area contributed by atoms with E-state index in [-0.39, 0.29) is 23.1 Å². The summed E-state index contributed by atoms with van der Waals surface area (Å²) in [5.41, 5.74) is 0.715. The number of fused-ring (bicyclic) bond motifs is 1. The highest BCUT2D eigenvalue weighted by Gasteiger charge is 2.23. The van der Waals surface area contributed by atoms with E-state index in [0.29, 0.717) is 48.4 Å². The van der Waals surface area contributed by atoms with E-state index in [9.17, 15) is 13.2 Å². The summed E-state index contributed by atoms with van der Waals surface area (Å²) >= 11 is 7.37. The lowest BCUT2D eigenvalue weighted by Crippen LogP contribution is -2.30. The van der Waals surface area contributed by atoms with Crippen LogP contribution in [0.4, 0.5) is 0 Å². The van der Waals surface area contributed by atoms with Crippen LogP contribution in [0.2, 0.25) is 5.02 Å². The molecule has 0 atom stereocenters. The maximum Gasteiger partial charge on any atom is 0.252 e. The first-order chi connectivity index (χ1) is 13.8. The van der Waals surface area contributed by atoms with Crippen LogP contribution < -0.4 is 14.8 Å². The van der Waals surface area contributed by atoms with Crippen molar-refractivity contribution in [1.82, 2.24) is 9.62 Å². The van der Waals surface area contributed by atoms with E-state index >= 15 is 0 Å². The van der Waals surface area contributed by atoms with Crippen LogP contribution in [0.1, 0.15) is 24.3 Å². The van der Waals surface area contributed by atoms with E-state index in [4.69, 9.17) is 21.1 Å². The highest BCUT2D eigenvalue weighted by Crippen LogP contribution is 2.38. The summed E-state index contributed by atoms with van der Waals surface area (Å²) in [4.78, 5) is 13.1. The minimum atomic E-state index is -3.48. The number of nitrogens with zero attached hydrogens (tertiary/aromatic N) is 1. The third-order valence-electron chi connectivity index (χ3n) is 4.42. The minimum Gasteiger partial charge on any atom is -0.486 e. The van der Waals surface area contributed by atoms with Gasteiger partial charge in [-0.2, -0.15) is 4.31 Å². The zero-order chi connectivity index (χ0) is 21.0. The maximum absolute atomic E-state index is 12.6. The molecule has 3 rings (SSSR count). The summed E-state index contributed by atoms with van der Waals surface area (Å²) in [6.45, 7) is 5.59. The minimum absolute atomic E-state index is 0.131. The third kappa shape index (κ3) is 5.03. The van der Waals surface area contributed by atoms with E-state index in [1.54, 1.807) is 38.1 Å². The summed E-state index contributed by atoms with van der Waals surface area (Å²) < 4.78 is 37.8. The molecule has 0 radical (unpaired) electrons. The van der Waals surface area contributed by atoms with Gasteiger partial charge in [0.05, 0.1) is 18.0 Å². The van der Waals surface area contributed by atoms with Crippen LogP contribution >= 0.6 is 22.9 Å². The van der Waals surface area contributed by atoms with Crippen LogP contribution in [-0.2, 0) is 27.8 Å². The Labute approximate surface area is 179 Å². The Morgan fingerprint density at radius 1 is 1.21 bits per heavy atom. The smallest absolute Gasteiger partial charge is 0.252 e. The molecule has 0 unspecified atom stereocenters. The largest absolute Gasteiger partial charge is 0.486 e. The van der Waals surface area contributed by atoms with Gasteiger partial charge in [0.2, 0.25) is 5.91 Å². The number of nitrogens with one attached hydrogen (secondary N) is 1. The Balaban J connectivity index is 1.61. The van der Waals surface area contributed by atoms with Gasteiger partial charge in [0.1, 0.15) is 17.4 Å². The second kappa shape index (κ2) is 9.34. The van der Waals surface area contributed by atoms with E-state index < -0.39 is 10.0 Å². The molecular weight excluding hydrogens is 436 g/mol. The van der Waals surface area contributed by atoms with Gasteiger partial charge in [-0.25, -0.2) is 8.42 Å². The molecule has 0 spiro atoms. The Kier molecular flexibility index (Phi) is 7.05. The van der Waals surface area contributed by atoms with Crippen molar-refractivity contribution in [2.24, 2.45) is 0 Å². The fourth-order valence-electron chi connectivity index (χ4n) is 2.98. The number of halogens is 1. The first-order valence-electron chi connectivity index (χ1n) is 9.28. The average Bonchev–Trinajstić information content (AvgIpc) is 3.17. The Morgan fingerprint density at radius 2 is 1.93 bits per heavy atom. The fraction of sp³-hybridized carbons (Fsp3) is 0.421. The third-order valence-corrected chi connectivity index (χ3v) is 8.30. The molecule has 10 heteroatoms. The van der Waals surface area contributed by atoms with Crippen LogP contribution in [0.15, 0.2) is 28.5 Å². The fourth-order valence-corrected chi connectivity index (χ4v) is 6.18. The molecule has 0 fully saturated rings. The van der Waals surface area contributed by atoms with Crippen molar-refractivity contribution in [2.75, 3.05) is 26.3 Å². The van der Waals surface area contributed by atoms with Gasteiger partial charge in [-0.1, -0.05) is 25.4 Å². The quantitative estimate of drug-likeness (QED) is 0.657. The molecule has 0 saturated heterocycles. The number of rotatable bonds is 8. The van der Waals surface area contributed by atoms with Gasteiger partial charge in [-0.05, 0) is 29.8 Å².